The number of sulfonamides is 1. The van der Waals surface area contributed by atoms with Crippen molar-refractivity contribution in [1.29, 1.82) is 0 Å². The molecule has 118 valence electrons. The second-order valence-corrected chi connectivity index (χ2v) is 6.70. The summed E-state index contributed by atoms with van der Waals surface area (Å²) < 4.78 is 37.6. The van der Waals surface area contributed by atoms with Crippen LogP contribution in [0.3, 0.4) is 0 Å². The lowest BCUT2D eigenvalue weighted by molar-refractivity contribution is 0.105. The summed E-state index contributed by atoms with van der Waals surface area (Å²) in [6.45, 7) is 2.00. The topological polar surface area (TPSA) is 90.7 Å². The molecule has 0 amide bonds. The zero-order valence-corrected chi connectivity index (χ0v) is 12.8. The molecule has 0 bridgehead atoms. The van der Waals surface area contributed by atoms with E-state index >= 15 is 0 Å². The predicted molar refractivity (Wildman–Crippen MR) is 79.8 cm³/mol. The van der Waals surface area contributed by atoms with Crippen LogP contribution in [-0.4, -0.2) is 40.8 Å². The van der Waals surface area contributed by atoms with Crippen molar-refractivity contribution in [3.8, 4) is 5.75 Å². The first kappa shape index (κ1) is 16.2. The van der Waals surface area contributed by atoms with Crippen LogP contribution >= 0.6 is 0 Å². The lowest BCUT2D eigenvalue weighted by Crippen LogP contribution is -2.27. The van der Waals surface area contributed by atoms with E-state index in [2.05, 4.69) is 4.72 Å². The molecule has 1 aromatic rings. The van der Waals surface area contributed by atoms with E-state index in [-0.39, 0.29) is 11.0 Å². The van der Waals surface area contributed by atoms with Crippen LogP contribution < -0.4 is 15.2 Å². The van der Waals surface area contributed by atoms with Crippen molar-refractivity contribution in [1.82, 2.24) is 4.72 Å². The molecule has 1 heterocycles. The molecule has 21 heavy (non-hydrogen) atoms. The number of hydrogen-bond acceptors (Lipinski definition) is 5. The molecule has 1 atom stereocenters. The molecular formula is C14H22N2O4S. The van der Waals surface area contributed by atoms with Gasteiger partial charge in [0.2, 0.25) is 10.0 Å². The van der Waals surface area contributed by atoms with E-state index < -0.39 is 10.0 Å². The van der Waals surface area contributed by atoms with Gasteiger partial charge in [-0.05, 0) is 43.5 Å². The molecule has 0 radical (unpaired) electrons. The Bertz CT molecular complexity index is 524. The number of nitrogens with two attached hydrogens (primary N) is 1. The van der Waals surface area contributed by atoms with Crippen LogP contribution in [-0.2, 0) is 14.8 Å². The van der Waals surface area contributed by atoms with Gasteiger partial charge in [0, 0.05) is 19.7 Å². The summed E-state index contributed by atoms with van der Waals surface area (Å²) in [7, 11) is -3.48. The summed E-state index contributed by atoms with van der Waals surface area (Å²) in [5.41, 5.74) is 5.34. The zero-order valence-electron chi connectivity index (χ0n) is 12.0. The van der Waals surface area contributed by atoms with Crippen molar-refractivity contribution in [2.45, 2.75) is 30.3 Å². The molecule has 7 heteroatoms. The molecule has 0 spiro atoms. The van der Waals surface area contributed by atoms with Gasteiger partial charge < -0.3 is 15.2 Å². The van der Waals surface area contributed by atoms with Gasteiger partial charge >= 0.3 is 0 Å². The zero-order chi connectivity index (χ0) is 15.1. The van der Waals surface area contributed by atoms with Crippen molar-refractivity contribution in [3.63, 3.8) is 0 Å². The molecule has 1 saturated heterocycles. The van der Waals surface area contributed by atoms with E-state index in [0.29, 0.717) is 31.9 Å². The third kappa shape index (κ3) is 4.96. The highest BCUT2D eigenvalue weighted by Gasteiger charge is 2.18. The van der Waals surface area contributed by atoms with Crippen LogP contribution in [0.4, 0.5) is 0 Å². The second kappa shape index (κ2) is 7.74. The first-order valence-electron chi connectivity index (χ1n) is 7.16. The summed E-state index contributed by atoms with van der Waals surface area (Å²) >= 11 is 0. The van der Waals surface area contributed by atoms with Crippen LogP contribution in [0.5, 0.6) is 5.75 Å². The summed E-state index contributed by atoms with van der Waals surface area (Å²) in [4.78, 5) is 0.231. The fourth-order valence-electron chi connectivity index (χ4n) is 2.20. The standard InChI is InChI=1S/C14H22N2O4S/c15-8-11-20-13-3-5-14(6-4-13)21(17,18)16-9-7-12-2-1-10-19-12/h3-6,12,16H,1-2,7-11,15H2. The quantitative estimate of drug-likeness (QED) is 0.743. The van der Waals surface area contributed by atoms with Crippen molar-refractivity contribution < 1.29 is 17.9 Å². The Morgan fingerprint density at radius 1 is 1.33 bits per heavy atom. The van der Waals surface area contributed by atoms with Gasteiger partial charge in [-0.25, -0.2) is 13.1 Å². The molecule has 1 aliphatic heterocycles. The maximum atomic E-state index is 12.1. The van der Waals surface area contributed by atoms with Gasteiger partial charge in [0.05, 0.1) is 11.0 Å². The Morgan fingerprint density at radius 3 is 2.71 bits per heavy atom. The monoisotopic (exact) mass is 314 g/mol. The van der Waals surface area contributed by atoms with Crippen LogP contribution in [0.25, 0.3) is 0 Å². The number of rotatable bonds is 8. The third-order valence-corrected chi connectivity index (χ3v) is 4.78. The molecule has 0 aliphatic carbocycles. The summed E-state index contributed by atoms with van der Waals surface area (Å²) in [6.07, 6.45) is 2.95. The van der Waals surface area contributed by atoms with Gasteiger partial charge in [0.1, 0.15) is 12.4 Å². The Labute approximate surface area is 125 Å². The van der Waals surface area contributed by atoms with Crippen molar-refractivity contribution in [2.24, 2.45) is 5.73 Å². The highest BCUT2D eigenvalue weighted by molar-refractivity contribution is 7.89. The number of nitrogens with one attached hydrogen (secondary N) is 1. The molecule has 0 aromatic heterocycles. The van der Waals surface area contributed by atoms with E-state index in [9.17, 15) is 8.42 Å². The second-order valence-electron chi connectivity index (χ2n) is 4.93. The van der Waals surface area contributed by atoms with Gasteiger partial charge in [-0.3, -0.25) is 0 Å². The SMILES string of the molecule is NCCOc1ccc(S(=O)(=O)NCCC2CCCO2)cc1. The summed E-state index contributed by atoms with van der Waals surface area (Å²) in [5, 5.41) is 0. The fraction of sp³-hybridized carbons (Fsp3) is 0.571. The highest BCUT2D eigenvalue weighted by Crippen LogP contribution is 2.17. The first-order chi connectivity index (χ1) is 10.1. The lowest BCUT2D eigenvalue weighted by Gasteiger charge is -2.11. The average Bonchev–Trinajstić information content (AvgIpc) is 2.98. The molecule has 3 N–H and O–H groups in total. The lowest BCUT2D eigenvalue weighted by atomic mass is 10.2. The number of ether oxygens (including phenoxy) is 2. The molecule has 1 aromatic carbocycles. The molecule has 2 rings (SSSR count). The predicted octanol–water partition coefficient (Wildman–Crippen LogP) is 0.871. The first-order valence-corrected chi connectivity index (χ1v) is 8.64. The van der Waals surface area contributed by atoms with E-state index in [1.807, 2.05) is 0 Å². The van der Waals surface area contributed by atoms with Gasteiger partial charge in [-0.15, -0.1) is 0 Å². The number of benzene rings is 1. The van der Waals surface area contributed by atoms with E-state index in [4.69, 9.17) is 15.2 Å². The fourth-order valence-corrected chi connectivity index (χ4v) is 3.25. The minimum absolute atomic E-state index is 0.180. The molecular weight excluding hydrogens is 292 g/mol. The van der Waals surface area contributed by atoms with Gasteiger partial charge in [0.15, 0.2) is 0 Å². The Morgan fingerprint density at radius 2 is 2.10 bits per heavy atom. The summed E-state index contributed by atoms with van der Waals surface area (Å²) in [5.74, 6) is 0.610. The van der Waals surface area contributed by atoms with Crippen molar-refractivity contribution >= 4 is 10.0 Å². The highest BCUT2D eigenvalue weighted by atomic mass is 32.2. The van der Waals surface area contributed by atoms with E-state index in [0.717, 1.165) is 19.4 Å². The number of hydrogen-bond donors (Lipinski definition) is 2. The van der Waals surface area contributed by atoms with Gasteiger partial charge in [0.25, 0.3) is 0 Å². The molecule has 1 aliphatic rings. The smallest absolute Gasteiger partial charge is 0.240 e. The van der Waals surface area contributed by atoms with Crippen LogP contribution in [0.1, 0.15) is 19.3 Å². The molecule has 6 nitrogen and oxygen atoms in total. The largest absolute Gasteiger partial charge is 0.492 e. The van der Waals surface area contributed by atoms with Gasteiger partial charge in [-0.2, -0.15) is 0 Å². The van der Waals surface area contributed by atoms with Crippen LogP contribution in [0.2, 0.25) is 0 Å². The minimum Gasteiger partial charge on any atom is -0.492 e. The van der Waals surface area contributed by atoms with Crippen LogP contribution in [0.15, 0.2) is 29.2 Å². The Balaban J connectivity index is 1.85. The summed E-state index contributed by atoms with van der Waals surface area (Å²) in [6, 6.07) is 6.31. The minimum atomic E-state index is -3.48. The maximum Gasteiger partial charge on any atom is 0.240 e. The van der Waals surface area contributed by atoms with Gasteiger partial charge in [-0.1, -0.05) is 0 Å². The molecule has 1 fully saturated rings. The van der Waals surface area contributed by atoms with Crippen molar-refractivity contribution in [2.75, 3.05) is 26.3 Å². The molecule has 0 saturated carbocycles. The molecule has 1 unspecified atom stereocenters. The average molecular weight is 314 g/mol. The Hall–Kier alpha value is -1.15. The Kier molecular flexibility index (Phi) is 5.98. The van der Waals surface area contributed by atoms with Crippen LogP contribution in [0, 0.1) is 0 Å². The maximum absolute atomic E-state index is 12.1. The normalized spacial score (nSPS) is 18.8. The third-order valence-electron chi connectivity index (χ3n) is 3.30. The van der Waals surface area contributed by atoms with E-state index in [1.54, 1.807) is 12.1 Å². The van der Waals surface area contributed by atoms with E-state index in [1.165, 1.54) is 12.1 Å². The van der Waals surface area contributed by atoms with Crippen molar-refractivity contribution in [3.05, 3.63) is 24.3 Å².